The number of alkyl halides is 1. The molecule has 0 aromatic heterocycles. The molecule has 1 aliphatic carbocycles. The van der Waals surface area contributed by atoms with Gasteiger partial charge in [-0.2, -0.15) is 0 Å². The van der Waals surface area contributed by atoms with Crippen LogP contribution in [0.2, 0.25) is 0 Å². The van der Waals surface area contributed by atoms with E-state index in [9.17, 15) is 24.5 Å². The van der Waals surface area contributed by atoms with Gasteiger partial charge in [-0.15, -0.1) is 0 Å². The van der Waals surface area contributed by atoms with Crippen molar-refractivity contribution in [2.24, 2.45) is 0 Å². The van der Waals surface area contributed by atoms with Gasteiger partial charge in [-0.1, -0.05) is 22.6 Å². The van der Waals surface area contributed by atoms with Gasteiger partial charge < -0.3 is 20.1 Å². The Bertz CT molecular complexity index is 831. The summed E-state index contributed by atoms with van der Waals surface area (Å²) >= 11 is 2.11. The van der Waals surface area contributed by atoms with Gasteiger partial charge in [0.25, 0.3) is 5.69 Å². The predicted molar refractivity (Wildman–Crippen MR) is 109 cm³/mol. The fourth-order valence-corrected chi connectivity index (χ4v) is 4.22. The molecule has 1 saturated carbocycles. The van der Waals surface area contributed by atoms with E-state index >= 15 is 0 Å². The number of hydrogen-bond acceptors (Lipinski definition) is 8. The second-order valence-corrected chi connectivity index (χ2v) is 8.38. The number of hydrogen-bond donors (Lipinski definition) is 2. The summed E-state index contributed by atoms with van der Waals surface area (Å²) < 4.78 is 10.4. The molecule has 156 valence electrons. The van der Waals surface area contributed by atoms with Gasteiger partial charge in [0.2, 0.25) is 5.91 Å². The van der Waals surface area contributed by atoms with Crippen LogP contribution >= 0.6 is 22.6 Å². The molecule has 0 bridgehead atoms. The zero-order valence-corrected chi connectivity index (χ0v) is 17.7. The third kappa shape index (κ3) is 4.66. The van der Waals surface area contributed by atoms with Crippen molar-refractivity contribution in [3.05, 3.63) is 39.9 Å². The van der Waals surface area contributed by atoms with E-state index in [1.807, 2.05) is 0 Å². The summed E-state index contributed by atoms with van der Waals surface area (Å²) in [6, 6.07) is 4.50. The third-order valence-corrected chi connectivity index (χ3v) is 6.36. The predicted octanol–water partition coefficient (Wildman–Crippen LogP) is 1.11. The fourth-order valence-electron chi connectivity index (χ4n) is 3.11. The highest BCUT2D eigenvalue weighted by molar-refractivity contribution is 14.1. The lowest BCUT2D eigenvalue weighted by molar-refractivity contribution is -0.384. The summed E-state index contributed by atoms with van der Waals surface area (Å²) in [7, 11) is 0. The summed E-state index contributed by atoms with van der Waals surface area (Å²) in [5.41, 5.74) is -0.913. The fraction of sp³-hybridized carbons (Fsp3) is 0.500. The minimum atomic E-state index is -0.983. The molecule has 2 aliphatic rings. The third-order valence-electron chi connectivity index (χ3n) is 4.86. The van der Waals surface area contributed by atoms with Crippen LogP contribution in [0.5, 0.6) is 0 Å². The Balaban J connectivity index is 1.53. The first-order chi connectivity index (χ1) is 13.8. The average molecular weight is 517 g/mol. The van der Waals surface area contributed by atoms with E-state index in [0.717, 1.165) is 0 Å². The van der Waals surface area contributed by atoms with Gasteiger partial charge in [0.1, 0.15) is 6.10 Å². The first kappa shape index (κ1) is 21.4. The number of esters is 2. The van der Waals surface area contributed by atoms with Crippen LogP contribution in [-0.2, 0) is 19.1 Å². The van der Waals surface area contributed by atoms with Crippen LogP contribution in [0.1, 0.15) is 30.1 Å². The van der Waals surface area contributed by atoms with Gasteiger partial charge in [-0.05, 0) is 25.5 Å². The van der Waals surface area contributed by atoms with Gasteiger partial charge in [0, 0.05) is 29.0 Å². The number of amides is 1. The van der Waals surface area contributed by atoms with Crippen LogP contribution in [0.15, 0.2) is 24.3 Å². The van der Waals surface area contributed by atoms with Gasteiger partial charge in [0.15, 0.2) is 5.54 Å². The molecule has 29 heavy (non-hydrogen) atoms. The van der Waals surface area contributed by atoms with Crippen LogP contribution in [0.3, 0.4) is 0 Å². The largest absolute Gasteiger partial charge is 0.464 e. The average Bonchev–Trinajstić information content (AvgIpc) is 3.11. The van der Waals surface area contributed by atoms with Gasteiger partial charge >= 0.3 is 11.9 Å². The molecule has 1 aliphatic heterocycles. The van der Waals surface area contributed by atoms with E-state index in [4.69, 9.17) is 9.47 Å². The molecule has 0 spiro atoms. The first-order valence-electron chi connectivity index (χ1n) is 9.09. The van der Waals surface area contributed by atoms with Crippen LogP contribution in [0, 0.1) is 10.1 Å². The lowest BCUT2D eigenvalue weighted by atomic mass is 10.1. The van der Waals surface area contributed by atoms with Crippen LogP contribution in [-0.4, -0.2) is 57.5 Å². The minimum Gasteiger partial charge on any atom is -0.464 e. The lowest BCUT2D eigenvalue weighted by Gasteiger charge is -2.19. The maximum absolute atomic E-state index is 12.6. The molecule has 1 amide bonds. The molecule has 0 radical (unpaired) electrons. The van der Waals surface area contributed by atoms with E-state index in [1.165, 1.54) is 24.3 Å². The van der Waals surface area contributed by atoms with Crippen LogP contribution in [0.25, 0.3) is 0 Å². The van der Waals surface area contributed by atoms with Crippen molar-refractivity contribution in [1.29, 1.82) is 0 Å². The minimum absolute atomic E-state index is 0.0275. The van der Waals surface area contributed by atoms with Gasteiger partial charge in [-0.25, -0.2) is 9.59 Å². The van der Waals surface area contributed by atoms with E-state index in [0.29, 0.717) is 6.42 Å². The topological polar surface area (TPSA) is 137 Å². The van der Waals surface area contributed by atoms with Crippen molar-refractivity contribution in [1.82, 2.24) is 10.6 Å². The number of halogens is 1. The number of benzene rings is 1. The molecule has 4 atom stereocenters. The smallest absolute Gasteiger partial charge is 0.338 e. The second-order valence-electron chi connectivity index (χ2n) is 6.88. The highest BCUT2D eigenvalue weighted by Gasteiger charge is 2.62. The van der Waals surface area contributed by atoms with Gasteiger partial charge in [-0.3, -0.25) is 14.9 Å². The second kappa shape index (κ2) is 8.61. The van der Waals surface area contributed by atoms with Crippen molar-refractivity contribution >= 4 is 46.1 Å². The number of nitro benzene ring substituents is 1. The molecular weight excluding hydrogens is 497 g/mol. The number of nitrogens with zero attached hydrogens (tertiary/aromatic N) is 1. The summed E-state index contributed by atoms with van der Waals surface area (Å²) in [4.78, 5) is 47.1. The molecule has 1 saturated heterocycles. The maximum Gasteiger partial charge on any atom is 0.338 e. The molecule has 2 fully saturated rings. The highest BCUT2D eigenvalue weighted by atomic mass is 127. The SMILES string of the molecule is CCOC(=O)[C@@]1(NC(=O)[C@@H]2C[C@H](OC(=O)c3ccc([N+](=O)[O-])cc3)CN2)C[C@H]1I. The number of carbonyl (C=O) groups is 3. The Hall–Kier alpha value is -2.28. The molecule has 0 unspecified atom stereocenters. The summed E-state index contributed by atoms with van der Waals surface area (Å²) in [5, 5.41) is 16.4. The van der Waals surface area contributed by atoms with Crippen molar-refractivity contribution in [3.63, 3.8) is 0 Å². The Morgan fingerprint density at radius 3 is 2.55 bits per heavy atom. The number of carbonyl (C=O) groups excluding carboxylic acids is 3. The number of rotatable bonds is 7. The Labute approximate surface area is 180 Å². The number of ether oxygens (including phenoxy) is 2. The Kier molecular flexibility index (Phi) is 6.36. The molecule has 1 aromatic rings. The molecular formula is C18H20IN3O7. The summed E-state index contributed by atoms with van der Waals surface area (Å²) in [6.07, 6.45) is 0.250. The lowest BCUT2D eigenvalue weighted by Crippen LogP contribution is -2.51. The van der Waals surface area contributed by atoms with E-state index in [1.54, 1.807) is 6.92 Å². The zero-order chi connectivity index (χ0) is 21.2. The Morgan fingerprint density at radius 1 is 1.34 bits per heavy atom. The summed E-state index contributed by atoms with van der Waals surface area (Å²) in [6.45, 7) is 2.24. The Morgan fingerprint density at radius 2 is 2.00 bits per heavy atom. The van der Waals surface area contributed by atoms with Crippen LogP contribution in [0.4, 0.5) is 5.69 Å². The number of nitrogens with one attached hydrogen (secondary N) is 2. The molecule has 11 heteroatoms. The van der Waals surface area contributed by atoms with Gasteiger partial charge in [0.05, 0.1) is 23.1 Å². The van der Waals surface area contributed by atoms with Crippen molar-refractivity contribution in [3.8, 4) is 0 Å². The maximum atomic E-state index is 12.6. The first-order valence-corrected chi connectivity index (χ1v) is 10.3. The van der Waals surface area contributed by atoms with E-state index in [2.05, 4.69) is 33.2 Å². The van der Waals surface area contributed by atoms with Crippen LogP contribution < -0.4 is 10.6 Å². The van der Waals surface area contributed by atoms with E-state index < -0.39 is 34.5 Å². The van der Waals surface area contributed by atoms with Crippen molar-refractivity contribution in [2.75, 3.05) is 13.2 Å². The van der Waals surface area contributed by atoms with E-state index in [-0.39, 0.29) is 40.7 Å². The molecule has 2 N–H and O–H groups in total. The molecule has 10 nitrogen and oxygen atoms in total. The number of non-ortho nitro benzene ring substituents is 1. The molecule has 3 rings (SSSR count). The summed E-state index contributed by atoms with van der Waals surface area (Å²) in [5.74, 6) is -1.40. The van der Waals surface area contributed by atoms with Crippen molar-refractivity contribution in [2.45, 2.75) is 41.4 Å². The molecule has 1 aromatic carbocycles. The monoisotopic (exact) mass is 517 g/mol. The number of nitro groups is 1. The zero-order valence-electron chi connectivity index (χ0n) is 15.6. The quantitative estimate of drug-likeness (QED) is 0.181. The normalized spacial score (nSPS) is 27.7. The van der Waals surface area contributed by atoms with Crippen molar-refractivity contribution < 1.29 is 28.8 Å². The highest BCUT2D eigenvalue weighted by Crippen LogP contribution is 2.44. The molecule has 1 heterocycles. The standard InChI is InChI=1S/C18H20IN3O7/c1-2-28-17(25)18(8-14(18)19)21-15(23)13-7-12(9-20-13)29-16(24)10-3-5-11(6-4-10)22(26)27/h3-6,12-14,20H,2,7-9H2,1H3,(H,21,23)/t12-,13-,14+,18+/m0/s1.